The molecule has 0 N–H and O–H groups in total. The second-order valence-corrected chi connectivity index (χ2v) is 8.44. The number of piperidine rings is 1. The summed E-state index contributed by atoms with van der Waals surface area (Å²) in [4.78, 5) is 9.70. The van der Waals surface area contributed by atoms with E-state index in [1.54, 1.807) is 0 Å². The lowest BCUT2D eigenvalue weighted by molar-refractivity contribution is 0.123. The predicted octanol–water partition coefficient (Wildman–Crippen LogP) is 4.10. The van der Waals surface area contributed by atoms with Crippen LogP contribution in [0.2, 0.25) is 0 Å². The zero-order chi connectivity index (χ0) is 18.1. The van der Waals surface area contributed by atoms with Crippen LogP contribution in [-0.4, -0.2) is 40.5 Å². The Morgan fingerprint density at radius 1 is 0.962 bits per heavy atom. The van der Waals surface area contributed by atoms with Crippen molar-refractivity contribution < 1.29 is 0 Å². The summed E-state index contributed by atoms with van der Waals surface area (Å²) < 4.78 is 0. The molecule has 3 aliphatic heterocycles. The van der Waals surface area contributed by atoms with E-state index in [-0.39, 0.29) is 0 Å². The van der Waals surface area contributed by atoms with Crippen molar-refractivity contribution in [2.75, 3.05) is 19.6 Å². The van der Waals surface area contributed by atoms with E-state index in [9.17, 15) is 0 Å². The Morgan fingerprint density at radius 3 is 2.62 bits per heavy atom. The van der Waals surface area contributed by atoms with Gasteiger partial charge in [-0.05, 0) is 73.4 Å². The van der Waals surface area contributed by atoms with E-state index in [4.69, 9.17) is 0 Å². The molecule has 2 aromatic rings. The highest BCUT2D eigenvalue weighted by Crippen LogP contribution is 2.30. The lowest BCUT2D eigenvalue weighted by Gasteiger charge is -2.36. The van der Waals surface area contributed by atoms with Crippen LogP contribution < -0.4 is 0 Å². The molecule has 4 heterocycles. The Morgan fingerprint density at radius 2 is 1.81 bits per heavy atom. The van der Waals surface area contributed by atoms with E-state index in [0.717, 1.165) is 19.0 Å². The molecule has 138 valence electrons. The summed E-state index contributed by atoms with van der Waals surface area (Å²) in [5, 5.41) is 0. The number of nitrogens with zero attached hydrogens (tertiary/aromatic N) is 3. The Bertz CT molecular complexity index is 756. The van der Waals surface area contributed by atoms with Gasteiger partial charge in [0, 0.05) is 51.2 Å². The zero-order valence-electron chi connectivity index (χ0n) is 16.4. The van der Waals surface area contributed by atoms with Crippen LogP contribution in [0.25, 0.3) is 0 Å². The van der Waals surface area contributed by atoms with E-state index in [2.05, 4.69) is 59.8 Å². The van der Waals surface area contributed by atoms with E-state index >= 15 is 0 Å². The average Bonchev–Trinajstić information content (AvgIpc) is 2.91. The second-order valence-electron chi connectivity index (χ2n) is 8.44. The summed E-state index contributed by atoms with van der Waals surface area (Å²) >= 11 is 0. The standard InChI is InChI=1S/C23H31N3/c1-17-9-19(3)22(10-18(17)2)15-26-14-21-6-7-23(26)16-25(13-21)12-20-5-4-8-24-11-20/h4-5,8-11,21,23H,6-7,12-16H2,1-3H3/t21-,23+/m0/s1. The van der Waals surface area contributed by atoms with Crippen LogP contribution in [0.3, 0.4) is 0 Å². The third-order valence-electron chi connectivity index (χ3n) is 6.36. The first-order valence-electron chi connectivity index (χ1n) is 10.0. The van der Waals surface area contributed by atoms with Crippen molar-refractivity contribution in [3.8, 4) is 0 Å². The number of hydrogen-bond donors (Lipinski definition) is 0. The Kier molecular flexibility index (Phi) is 5.10. The molecule has 3 aliphatic rings. The monoisotopic (exact) mass is 349 g/mol. The maximum Gasteiger partial charge on any atom is 0.0312 e. The third-order valence-corrected chi connectivity index (χ3v) is 6.36. The SMILES string of the molecule is Cc1cc(C)c(CN2C[C@H]3CC[C@@H]2CN(Cc2cccnc2)C3)cc1C. The predicted molar refractivity (Wildman–Crippen MR) is 107 cm³/mol. The van der Waals surface area contributed by atoms with Crippen molar-refractivity contribution in [2.45, 2.75) is 52.7 Å². The van der Waals surface area contributed by atoms with Gasteiger partial charge in [0.1, 0.15) is 0 Å². The first-order chi connectivity index (χ1) is 12.6. The number of benzene rings is 1. The summed E-state index contributed by atoms with van der Waals surface area (Å²) in [7, 11) is 0. The molecular formula is C23H31N3. The highest BCUT2D eigenvalue weighted by Gasteiger charge is 2.34. The zero-order valence-corrected chi connectivity index (χ0v) is 16.4. The first-order valence-corrected chi connectivity index (χ1v) is 10.0. The lowest BCUT2D eigenvalue weighted by Crippen LogP contribution is -2.43. The summed E-state index contributed by atoms with van der Waals surface area (Å²) in [6, 6.07) is 9.71. The van der Waals surface area contributed by atoms with Gasteiger partial charge < -0.3 is 0 Å². The molecule has 0 saturated carbocycles. The van der Waals surface area contributed by atoms with Crippen LogP contribution in [0.5, 0.6) is 0 Å². The molecule has 0 spiro atoms. The minimum atomic E-state index is 0.687. The largest absolute Gasteiger partial charge is 0.297 e. The number of fused-ring (bicyclic) bond motifs is 4. The second kappa shape index (κ2) is 7.50. The minimum absolute atomic E-state index is 0.687. The van der Waals surface area contributed by atoms with Gasteiger partial charge in [-0.25, -0.2) is 0 Å². The van der Waals surface area contributed by atoms with Crippen LogP contribution in [0.4, 0.5) is 0 Å². The highest BCUT2D eigenvalue weighted by molar-refractivity contribution is 5.36. The molecule has 0 aliphatic carbocycles. The molecule has 26 heavy (non-hydrogen) atoms. The first kappa shape index (κ1) is 17.7. The molecular weight excluding hydrogens is 318 g/mol. The molecule has 0 unspecified atom stereocenters. The fourth-order valence-electron chi connectivity index (χ4n) is 4.76. The van der Waals surface area contributed by atoms with E-state index in [0.29, 0.717) is 6.04 Å². The topological polar surface area (TPSA) is 19.4 Å². The van der Waals surface area contributed by atoms with E-state index in [1.165, 1.54) is 60.3 Å². The fraction of sp³-hybridized carbons (Fsp3) is 0.522. The molecule has 1 aromatic heterocycles. The molecule has 3 nitrogen and oxygen atoms in total. The van der Waals surface area contributed by atoms with Crippen molar-refractivity contribution in [3.05, 3.63) is 64.5 Å². The van der Waals surface area contributed by atoms with Gasteiger partial charge in [-0.15, -0.1) is 0 Å². The molecule has 3 fully saturated rings. The number of aromatic nitrogens is 1. The number of hydrogen-bond acceptors (Lipinski definition) is 3. The quantitative estimate of drug-likeness (QED) is 0.828. The van der Waals surface area contributed by atoms with Gasteiger partial charge in [-0.3, -0.25) is 14.8 Å². The molecule has 3 heteroatoms. The van der Waals surface area contributed by atoms with Gasteiger partial charge in [0.05, 0.1) is 0 Å². The van der Waals surface area contributed by atoms with Crippen LogP contribution in [-0.2, 0) is 13.1 Å². The van der Waals surface area contributed by atoms with Crippen LogP contribution >= 0.6 is 0 Å². The minimum Gasteiger partial charge on any atom is -0.297 e. The van der Waals surface area contributed by atoms with Gasteiger partial charge in [-0.1, -0.05) is 18.2 Å². The van der Waals surface area contributed by atoms with Gasteiger partial charge in [0.2, 0.25) is 0 Å². The van der Waals surface area contributed by atoms with Crippen molar-refractivity contribution >= 4 is 0 Å². The third kappa shape index (κ3) is 3.84. The fourth-order valence-corrected chi connectivity index (χ4v) is 4.76. The van der Waals surface area contributed by atoms with Crippen molar-refractivity contribution in [2.24, 2.45) is 5.92 Å². The summed E-state index contributed by atoms with van der Waals surface area (Å²) in [6.45, 7) is 12.5. The Hall–Kier alpha value is -1.71. The van der Waals surface area contributed by atoms with Crippen molar-refractivity contribution in [3.63, 3.8) is 0 Å². The molecule has 5 rings (SSSR count). The Labute approximate surface area is 158 Å². The maximum absolute atomic E-state index is 4.29. The van der Waals surface area contributed by atoms with Gasteiger partial charge in [-0.2, -0.15) is 0 Å². The smallest absolute Gasteiger partial charge is 0.0312 e. The number of rotatable bonds is 4. The molecule has 0 amide bonds. The number of pyridine rings is 1. The molecule has 2 atom stereocenters. The molecule has 2 bridgehead atoms. The average molecular weight is 350 g/mol. The van der Waals surface area contributed by atoms with Crippen LogP contribution in [0, 0.1) is 26.7 Å². The van der Waals surface area contributed by atoms with Crippen LogP contribution in [0.1, 0.15) is 40.7 Å². The van der Waals surface area contributed by atoms with E-state index in [1.807, 2.05) is 12.4 Å². The van der Waals surface area contributed by atoms with Crippen molar-refractivity contribution in [1.82, 2.24) is 14.8 Å². The van der Waals surface area contributed by atoms with E-state index < -0.39 is 0 Å². The summed E-state index contributed by atoms with van der Waals surface area (Å²) in [5.74, 6) is 0.803. The normalized spacial score (nSPS) is 24.0. The summed E-state index contributed by atoms with van der Waals surface area (Å²) in [5.41, 5.74) is 7.13. The van der Waals surface area contributed by atoms with Gasteiger partial charge in [0.15, 0.2) is 0 Å². The molecule has 0 radical (unpaired) electrons. The van der Waals surface area contributed by atoms with Gasteiger partial charge >= 0.3 is 0 Å². The van der Waals surface area contributed by atoms with Gasteiger partial charge in [0.25, 0.3) is 0 Å². The van der Waals surface area contributed by atoms with Crippen molar-refractivity contribution in [1.29, 1.82) is 0 Å². The molecule has 1 aromatic carbocycles. The Balaban J connectivity index is 1.47. The van der Waals surface area contributed by atoms with Crippen LogP contribution in [0.15, 0.2) is 36.7 Å². The number of aryl methyl sites for hydroxylation is 3. The highest BCUT2D eigenvalue weighted by atomic mass is 15.3. The molecule has 3 saturated heterocycles. The summed E-state index contributed by atoms with van der Waals surface area (Å²) in [6.07, 6.45) is 6.61. The maximum atomic E-state index is 4.29. The lowest BCUT2D eigenvalue weighted by atomic mass is 9.93.